The molecule has 1 aliphatic rings. The molecule has 100 valence electrons. The number of hydrogen-bond acceptors (Lipinski definition) is 3. The molecule has 0 saturated carbocycles. The Bertz CT molecular complexity index is 392. The zero-order valence-electron chi connectivity index (χ0n) is 11.5. The van der Waals surface area contributed by atoms with Crippen LogP contribution in [-0.2, 0) is 0 Å². The highest BCUT2D eigenvalue weighted by Crippen LogP contribution is 2.36. The van der Waals surface area contributed by atoms with Gasteiger partial charge >= 0.3 is 0 Å². The Morgan fingerprint density at radius 2 is 2.28 bits per heavy atom. The first kappa shape index (κ1) is 13.6. The van der Waals surface area contributed by atoms with Crippen LogP contribution in [0.3, 0.4) is 0 Å². The number of rotatable bonds is 4. The molecule has 1 aliphatic heterocycles. The van der Waals surface area contributed by atoms with Gasteiger partial charge in [-0.1, -0.05) is 19.9 Å². The van der Waals surface area contributed by atoms with Gasteiger partial charge in [0.2, 0.25) is 0 Å². The third kappa shape index (κ3) is 3.35. The maximum Gasteiger partial charge on any atom is 0.121 e. The lowest BCUT2D eigenvalue weighted by Gasteiger charge is -2.39. The van der Waals surface area contributed by atoms with E-state index in [0.29, 0.717) is 18.1 Å². The molecule has 1 N–H and O–H groups in total. The number of anilines is 1. The van der Waals surface area contributed by atoms with Crippen molar-refractivity contribution in [2.75, 3.05) is 23.4 Å². The topological polar surface area (TPSA) is 21.3 Å². The Morgan fingerprint density at radius 1 is 1.44 bits per heavy atom. The van der Waals surface area contributed by atoms with Gasteiger partial charge in [0, 0.05) is 23.5 Å². The minimum atomic E-state index is 0.368. The van der Waals surface area contributed by atoms with Gasteiger partial charge in [-0.15, -0.1) is 0 Å². The minimum absolute atomic E-state index is 0.368. The van der Waals surface area contributed by atoms with Crippen LogP contribution < -0.4 is 10.1 Å². The van der Waals surface area contributed by atoms with Crippen LogP contribution in [0.25, 0.3) is 0 Å². The molecule has 1 heterocycles. The summed E-state index contributed by atoms with van der Waals surface area (Å²) in [7, 11) is 0. The van der Waals surface area contributed by atoms with Crippen molar-refractivity contribution in [2.24, 2.45) is 5.41 Å². The van der Waals surface area contributed by atoms with Gasteiger partial charge in [0.25, 0.3) is 0 Å². The fourth-order valence-corrected chi connectivity index (χ4v) is 3.82. The molecule has 1 fully saturated rings. The highest BCUT2D eigenvalue weighted by atomic mass is 32.2. The molecule has 2 nitrogen and oxygen atoms in total. The van der Waals surface area contributed by atoms with E-state index in [4.69, 9.17) is 4.74 Å². The molecular weight excluding hydrogens is 242 g/mol. The van der Waals surface area contributed by atoms with Crippen LogP contribution in [0.15, 0.2) is 24.3 Å². The number of ether oxygens (including phenoxy) is 1. The maximum atomic E-state index is 5.54. The van der Waals surface area contributed by atoms with E-state index in [1.165, 1.54) is 23.6 Å². The molecule has 1 unspecified atom stereocenters. The first-order chi connectivity index (χ1) is 8.62. The SMILES string of the molecule is CCOc1cccc(NC2CSCCC2(C)C)c1. The Morgan fingerprint density at radius 3 is 3.00 bits per heavy atom. The molecule has 0 radical (unpaired) electrons. The molecule has 0 aliphatic carbocycles. The molecule has 1 aromatic rings. The van der Waals surface area contributed by atoms with E-state index < -0.39 is 0 Å². The number of thioether (sulfide) groups is 1. The summed E-state index contributed by atoms with van der Waals surface area (Å²) in [6, 6.07) is 8.82. The Labute approximate surface area is 114 Å². The smallest absolute Gasteiger partial charge is 0.121 e. The van der Waals surface area contributed by atoms with Crippen molar-refractivity contribution in [3.05, 3.63) is 24.3 Å². The summed E-state index contributed by atoms with van der Waals surface area (Å²) in [6.45, 7) is 7.45. The van der Waals surface area contributed by atoms with Crippen LogP contribution in [0, 0.1) is 5.41 Å². The van der Waals surface area contributed by atoms with Crippen molar-refractivity contribution >= 4 is 17.4 Å². The highest BCUT2D eigenvalue weighted by Gasteiger charge is 2.32. The van der Waals surface area contributed by atoms with E-state index in [9.17, 15) is 0 Å². The highest BCUT2D eigenvalue weighted by molar-refractivity contribution is 7.99. The van der Waals surface area contributed by atoms with Gasteiger partial charge in [-0.2, -0.15) is 11.8 Å². The predicted octanol–water partition coefficient (Wildman–Crippen LogP) is 4.03. The van der Waals surface area contributed by atoms with Crippen LogP contribution in [0.5, 0.6) is 5.75 Å². The Balaban J connectivity index is 2.06. The van der Waals surface area contributed by atoms with Crippen LogP contribution in [0.2, 0.25) is 0 Å². The molecule has 18 heavy (non-hydrogen) atoms. The monoisotopic (exact) mass is 265 g/mol. The van der Waals surface area contributed by atoms with E-state index >= 15 is 0 Å². The fraction of sp³-hybridized carbons (Fsp3) is 0.600. The van der Waals surface area contributed by atoms with E-state index in [1.54, 1.807) is 0 Å². The Hall–Kier alpha value is -0.830. The van der Waals surface area contributed by atoms with Crippen molar-refractivity contribution in [2.45, 2.75) is 33.2 Å². The quantitative estimate of drug-likeness (QED) is 0.888. The van der Waals surface area contributed by atoms with Crippen molar-refractivity contribution in [3.8, 4) is 5.75 Å². The average molecular weight is 265 g/mol. The second-order valence-electron chi connectivity index (χ2n) is 5.47. The molecule has 1 saturated heterocycles. The second-order valence-corrected chi connectivity index (χ2v) is 6.62. The molecule has 2 rings (SSSR count). The lowest BCUT2D eigenvalue weighted by molar-refractivity contribution is 0.305. The Kier molecular flexibility index (Phi) is 4.44. The van der Waals surface area contributed by atoms with Crippen LogP contribution in [0.1, 0.15) is 27.2 Å². The largest absolute Gasteiger partial charge is 0.494 e. The summed E-state index contributed by atoms with van der Waals surface area (Å²) in [5.41, 5.74) is 1.54. The first-order valence-electron chi connectivity index (χ1n) is 6.69. The summed E-state index contributed by atoms with van der Waals surface area (Å²) in [5.74, 6) is 3.42. The fourth-order valence-electron chi connectivity index (χ4n) is 2.22. The standard InChI is InChI=1S/C15H23NOS/c1-4-17-13-7-5-6-12(10-13)16-14-11-18-9-8-15(14,2)3/h5-7,10,14,16H,4,8-9,11H2,1-3H3. The minimum Gasteiger partial charge on any atom is -0.494 e. The normalized spacial score (nSPS) is 22.5. The van der Waals surface area contributed by atoms with Crippen LogP contribution >= 0.6 is 11.8 Å². The molecule has 0 amide bonds. The van der Waals surface area contributed by atoms with Gasteiger partial charge in [-0.05, 0) is 36.6 Å². The second kappa shape index (κ2) is 5.87. The molecule has 3 heteroatoms. The maximum absolute atomic E-state index is 5.54. The summed E-state index contributed by atoms with van der Waals surface area (Å²) >= 11 is 2.05. The van der Waals surface area contributed by atoms with Crippen LogP contribution in [-0.4, -0.2) is 24.2 Å². The van der Waals surface area contributed by atoms with Crippen molar-refractivity contribution in [1.82, 2.24) is 0 Å². The summed E-state index contributed by atoms with van der Waals surface area (Å²) in [5, 5.41) is 3.67. The van der Waals surface area contributed by atoms with Crippen molar-refractivity contribution < 1.29 is 4.74 Å². The average Bonchev–Trinajstić information content (AvgIpc) is 2.33. The van der Waals surface area contributed by atoms with Crippen LogP contribution in [0.4, 0.5) is 5.69 Å². The van der Waals surface area contributed by atoms with Crippen molar-refractivity contribution in [3.63, 3.8) is 0 Å². The van der Waals surface area contributed by atoms with E-state index in [2.05, 4.69) is 37.4 Å². The number of benzene rings is 1. The van der Waals surface area contributed by atoms with Gasteiger partial charge in [0.1, 0.15) is 5.75 Å². The molecule has 0 spiro atoms. The first-order valence-corrected chi connectivity index (χ1v) is 7.84. The molecule has 0 aromatic heterocycles. The molecular formula is C15H23NOS. The lowest BCUT2D eigenvalue weighted by atomic mass is 9.82. The third-order valence-electron chi connectivity index (χ3n) is 3.60. The van der Waals surface area contributed by atoms with E-state index in [0.717, 1.165) is 5.75 Å². The predicted molar refractivity (Wildman–Crippen MR) is 80.7 cm³/mol. The van der Waals surface area contributed by atoms with E-state index in [1.807, 2.05) is 24.8 Å². The zero-order chi connectivity index (χ0) is 13.0. The van der Waals surface area contributed by atoms with Gasteiger partial charge in [-0.3, -0.25) is 0 Å². The number of nitrogens with one attached hydrogen (secondary N) is 1. The molecule has 1 atom stereocenters. The van der Waals surface area contributed by atoms with Gasteiger partial charge < -0.3 is 10.1 Å². The summed E-state index contributed by atoms with van der Waals surface area (Å²) < 4.78 is 5.54. The van der Waals surface area contributed by atoms with Gasteiger partial charge in [0.05, 0.1) is 6.61 Å². The lowest BCUT2D eigenvalue weighted by Crippen LogP contribution is -2.41. The third-order valence-corrected chi connectivity index (χ3v) is 4.67. The van der Waals surface area contributed by atoms with E-state index in [-0.39, 0.29) is 0 Å². The van der Waals surface area contributed by atoms with Gasteiger partial charge in [0.15, 0.2) is 0 Å². The summed E-state index contributed by atoms with van der Waals surface area (Å²) in [6.07, 6.45) is 1.28. The van der Waals surface area contributed by atoms with Gasteiger partial charge in [-0.25, -0.2) is 0 Å². The molecule has 1 aromatic carbocycles. The summed E-state index contributed by atoms with van der Waals surface area (Å²) in [4.78, 5) is 0. The molecule has 0 bridgehead atoms. The number of hydrogen-bond donors (Lipinski definition) is 1. The van der Waals surface area contributed by atoms with Crippen molar-refractivity contribution in [1.29, 1.82) is 0 Å². The zero-order valence-corrected chi connectivity index (χ0v) is 12.3.